The van der Waals surface area contributed by atoms with Crippen molar-refractivity contribution in [2.45, 2.75) is 38.4 Å². The van der Waals surface area contributed by atoms with Gasteiger partial charge in [-0.2, -0.15) is 13.2 Å². The van der Waals surface area contributed by atoms with E-state index >= 15 is 0 Å². The van der Waals surface area contributed by atoms with Gasteiger partial charge in [-0.1, -0.05) is 5.16 Å². The number of aromatic nitrogens is 4. The van der Waals surface area contributed by atoms with Gasteiger partial charge < -0.3 is 0 Å². The van der Waals surface area contributed by atoms with Gasteiger partial charge in [0.25, 0.3) is 0 Å². The maximum Gasteiger partial charge on any atom is 0.442 e. The van der Waals surface area contributed by atoms with Gasteiger partial charge in [0, 0.05) is 18.3 Å². The van der Waals surface area contributed by atoms with Gasteiger partial charge in [0.15, 0.2) is 11.6 Å². The molecule has 0 bridgehead atoms. The molecule has 1 saturated carbocycles. The Morgan fingerprint density at radius 1 is 1.20 bits per heavy atom. The first-order valence-corrected chi connectivity index (χ1v) is 7.79. The average molecular weight is 356 g/mol. The van der Waals surface area contributed by atoms with Crippen molar-refractivity contribution in [2.75, 3.05) is 0 Å². The van der Waals surface area contributed by atoms with Crippen LogP contribution in [0.3, 0.4) is 0 Å². The van der Waals surface area contributed by atoms with Crippen LogP contribution >= 0.6 is 0 Å². The predicted molar refractivity (Wildman–Crippen MR) is 78.3 cm³/mol. The van der Waals surface area contributed by atoms with Crippen molar-refractivity contribution < 1.29 is 22.5 Å². The van der Waals surface area contributed by atoms with E-state index in [0.717, 1.165) is 4.57 Å². The molecule has 1 aliphatic carbocycles. The van der Waals surface area contributed by atoms with Gasteiger partial charge in [0.2, 0.25) is 5.82 Å². The van der Waals surface area contributed by atoms with Gasteiger partial charge in [-0.25, -0.2) is 19.3 Å². The number of halogens is 3. The minimum Gasteiger partial charge on any atom is -0.297 e. The summed E-state index contributed by atoms with van der Waals surface area (Å²) >= 11 is 0. The van der Waals surface area contributed by atoms with E-state index < -0.39 is 23.8 Å². The molecule has 0 radical (unpaired) electrons. The van der Waals surface area contributed by atoms with Crippen molar-refractivity contribution in [1.29, 1.82) is 0 Å². The summed E-state index contributed by atoms with van der Waals surface area (Å²) in [5.74, 6) is -2.87. The molecule has 0 amide bonds. The molecule has 7 nitrogen and oxygen atoms in total. The molecule has 1 fully saturated rings. The third-order valence-corrected chi connectivity index (χ3v) is 4.41. The topological polar surface area (TPSA) is 90.9 Å². The summed E-state index contributed by atoms with van der Waals surface area (Å²) in [6.07, 6.45) is -1.17. The lowest BCUT2D eigenvalue weighted by Crippen LogP contribution is -2.32. The molecule has 10 heteroatoms. The number of carbonyl (C=O) groups excluding carboxylic acids is 1. The molecule has 0 spiro atoms. The number of carbonyl (C=O) groups is 1. The summed E-state index contributed by atoms with van der Waals surface area (Å²) in [4.78, 5) is 32.1. The van der Waals surface area contributed by atoms with E-state index in [2.05, 4.69) is 19.6 Å². The highest BCUT2D eigenvalue weighted by atomic mass is 19.4. The lowest BCUT2D eigenvalue weighted by Gasteiger charge is -2.29. The summed E-state index contributed by atoms with van der Waals surface area (Å²) in [6.45, 7) is -0.322. The maximum absolute atomic E-state index is 12.7. The second kappa shape index (κ2) is 6.77. The van der Waals surface area contributed by atoms with E-state index in [1.807, 2.05) is 0 Å². The number of nitrogens with zero attached hydrogens (tertiary/aromatic N) is 4. The smallest absolute Gasteiger partial charge is 0.297 e. The molecule has 2 aromatic rings. The maximum atomic E-state index is 12.7. The molecule has 0 aromatic carbocycles. The number of ketones is 1. The molecule has 3 rings (SSSR count). The summed E-state index contributed by atoms with van der Waals surface area (Å²) in [5.41, 5.74) is 0. The molecule has 0 unspecified atom stereocenters. The van der Waals surface area contributed by atoms with Crippen molar-refractivity contribution in [1.82, 2.24) is 19.7 Å². The average Bonchev–Trinajstić information content (AvgIpc) is 2.96. The molecular formula is C15H15F3N4O3. The van der Waals surface area contributed by atoms with E-state index in [1.54, 1.807) is 6.07 Å². The Kier molecular flexibility index (Phi) is 4.69. The van der Waals surface area contributed by atoms with E-state index in [0.29, 0.717) is 0 Å². The first-order valence-electron chi connectivity index (χ1n) is 7.79. The molecule has 0 aliphatic heterocycles. The van der Waals surface area contributed by atoms with Gasteiger partial charge in [-0.15, -0.1) is 0 Å². The van der Waals surface area contributed by atoms with Crippen molar-refractivity contribution in [3.05, 3.63) is 29.0 Å². The van der Waals surface area contributed by atoms with E-state index in [-0.39, 0.29) is 49.7 Å². The van der Waals surface area contributed by atoms with Crippen LogP contribution < -0.4 is 5.76 Å². The third kappa shape index (κ3) is 3.77. The lowest BCUT2D eigenvalue weighted by atomic mass is 9.79. The van der Waals surface area contributed by atoms with Gasteiger partial charge in [-0.3, -0.25) is 9.32 Å². The van der Waals surface area contributed by atoms with E-state index in [4.69, 9.17) is 0 Å². The minimum absolute atomic E-state index is 0.0166. The molecule has 0 saturated heterocycles. The second-order valence-corrected chi connectivity index (χ2v) is 5.99. The zero-order valence-electron chi connectivity index (χ0n) is 13.1. The second-order valence-electron chi connectivity index (χ2n) is 5.99. The number of rotatable bonds is 4. The van der Waals surface area contributed by atoms with Crippen LogP contribution in [0.4, 0.5) is 13.2 Å². The molecule has 0 atom stereocenters. The van der Waals surface area contributed by atoms with Crippen LogP contribution in [0.5, 0.6) is 0 Å². The standard InChI is InChI=1S/C15H15F3N4O3/c16-15(17,18)10-4-2-9(3-5-10)11(23)8-22-13(21-25-14(22)24)12-19-6-1-7-20-12/h1,6-7,9-10H,2-5,8H2. The summed E-state index contributed by atoms with van der Waals surface area (Å²) in [6, 6.07) is 1.58. The van der Waals surface area contributed by atoms with Crippen molar-refractivity contribution >= 4 is 5.78 Å². The Bertz CT molecular complexity index is 792. The van der Waals surface area contributed by atoms with Gasteiger partial charge in [0.1, 0.15) is 0 Å². The van der Waals surface area contributed by atoms with Gasteiger partial charge in [-0.05, 0) is 31.7 Å². The Morgan fingerprint density at radius 3 is 2.44 bits per heavy atom. The number of Topliss-reactive ketones (excluding diaryl/α,β-unsaturated/α-hetero) is 1. The molecular weight excluding hydrogens is 341 g/mol. The predicted octanol–water partition coefficient (Wildman–Crippen LogP) is 2.23. The Morgan fingerprint density at radius 2 is 1.84 bits per heavy atom. The highest BCUT2D eigenvalue weighted by Gasteiger charge is 2.42. The fourth-order valence-corrected chi connectivity index (χ4v) is 3.01. The largest absolute Gasteiger partial charge is 0.442 e. The van der Waals surface area contributed by atoms with Crippen LogP contribution in [0.1, 0.15) is 25.7 Å². The minimum atomic E-state index is -4.22. The van der Waals surface area contributed by atoms with Gasteiger partial charge >= 0.3 is 11.9 Å². The van der Waals surface area contributed by atoms with Crippen molar-refractivity contribution in [3.63, 3.8) is 0 Å². The molecule has 2 heterocycles. The zero-order valence-corrected chi connectivity index (χ0v) is 13.1. The monoisotopic (exact) mass is 356 g/mol. The normalized spacial score (nSPS) is 21.2. The zero-order chi connectivity index (χ0) is 18.0. The molecule has 0 N–H and O–H groups in total. The van der Waals surface area contributed by atoms with Crippen LogP contribution in [-0.4, -0.2) is 31.7 Å². The fourth-order valence-electron chi connectivity index (χ4n) is 3.01. The van der Waals surface area contributed by atoms with E-state index in [1.165, 1.54) is 12.4 Å². The number of alkyl halides is 3. The van der Waals surface area contributed by atoms with E-state index in [9.17, 15) is 22.8 Å². The fraction of sp³-hybridized carbons (Fsp3) is 0.533. The van der Waals surface area contributed by atoms with Crippen LogP contribution in [0.25, 0.3) is 11.6 Å². The first-order chi connectivity index (χ1) is 11.9. The van der Waals surface area contributed by atoms with Gasteiger partial charge in [0.05, 0.1) is 12.5 Å². The Balaban J connectivity index is 1.71. The Hall–Kier alpha value is -2.52. The number of hydrogen-bond acceptors (Lipinski definition) is 6. The SMILES string of the molecule is O=C(Cn1c(-c2ncccn2)noc1=O)C1CCC(C(F)(F)F)CC1. The Labute approximate surface area is 139 Å². The van der Waals surface area contributed by atoms with Crippen LogP contribution in [0, 0.1) is 11.8 Å². The summed E-state index contributed by atoms with van der Waals surface area (Å²) in [5, 5.41) is 3.58. The third-order valence-electron chi connectivity index (χ3n) is 4.41. The summed E-state index contributed by atoms with van der Waals surface area (Å²) in [7, 11) is 0. The van der Waals surface area contributed by atoms with Crippen LogP contribution in [-0.2, 0) is 11.3 Å². The molecule has 134 valence electrons. The summed E-state index contributed by atoms with van der Waals surface area (Å²) < 4.78 is 43.7. The quantitative estimate of drug-likeness (QED) is 0.834. The van der Waals surface area contributed by atoms with Crippen LogP contribution in [0.2, 0.25) is 0 Å². The first kappa shape index (κ1) is 17.3. The molecule has 2 aromatic heterocycles. The highest BCUT2D eigenvalue weighted by molar-refractivity contribution is 5.81. The van der Waals surface area contributed by atoms with Crippen LogP contribution in [0.15, 0.2) is 27.8 Å². The highest BCUT2D eigenvalue weighted by Crippen LogP contribution is 2.39. The lowest BCUT2D eigenvalue weighted by molar-refractivity contribution is -0.184. The van der Waals surface area contributed by atoms with Crippen molar-refractivity contribution in [3.8, 4) is 11.6 Å². The molecule has 25 heavy (non-hydrogen) atoms. The number of hydrogen-bond donors (Lipinski definition) is 0. The van der Waals surface area contributed by atoms with Crippen molar-refractivity contribution in [2.24, 2.45) is 11.8 Å². The molecule has 1 aliphatic rings.